The molecule has 1 saturated heterocycles. The summed E-state index contributed by atoms with van der Waals surface area (Å²) in [5, 5.41) is 0. The molecular weight excluding hydrogens is 455 g/mol. The van der Waals surface area contributed by atoms with Crippen LogP contribution in [0.5, 0.6) is 0 Å². The number of rotatable bonds is 7. The van der Waals surface area contributed by atoms with E-state index < -0.39 is 23.5 Å². The summed E-state index contributed by atoms with van der Waals surface area (Å²) in [4.78, 5) is 28.4. The average Bonchev–Trinajstić information content (AvgIpc) is 2.84. The lowest BCUT2D eigenvalue weighted by molar-refractivity contribution is -0.145. The van der Waals surface area contributed by atoms with Crippen LogP contribution < -0.4 is 5.73 Å². The van der Waals surface area contributed by atoms with Crippen LogP contribution in [0, 0.1) is 17.5 Å². The Morgan fingerprint density at radius 2 is 1.54 bits per heavy atom. The smallest absolute Gasteiger partial charge is 0.242 e. The number of amides is 2. The molecule has 3 aromatic rings. The third-order valence-corrected chi connectivity index (χ3v) is 6.11. The van der Waals surface area contributed by atoms with Gasteiger partial charge in [0.2, 0.25) is 11.8 Å². The highest BCUT2D eigenvalue weighted by molar-refractivity contribution is 5.86. The first-order chi connectivity index (χ1) is 16.8. The summed E-state index contributed by atoms with van der Waals surface area (Å²) < 4.78 is 40.4. The van der Waals surface area contributed by atoms with Crippen molar-refractivity contribution >= 4 is 11.8 Å². The molecule has 182 valence electrons. The Morgan fingerprint density at radius 1 is 0.886 bits per heavy atom. The van der Waals surface area contributed by atoms with Gasteiger partial charge in [-0.05, 0) is 34.7 Å². The van der Waals surface area contributed by atoms with Crippen molar-refractivity contribution in [2.75, 3.05) is 19.6 Å². The SMILES string of the molecule is N[C@@H](CC(=O)N1CCN(Cc2ccc(-c3ccccc3)cc2)C(=O)C1)Cc1cc(F)c(F)cc1F. The lowest BCUT2D eigenvalue weighted by atomic mass is 10.0. The molecule has 1 fully saturated rings. The second-order valence-electron chi connectivity index (χ2n) is 8.72. The summed E-state index contributed by atoms with van der Waals surface area (Å²) in [6, 6.07) is 18.4. The summed E-state index contributed by atoms with van der Waals surface area (Å²) in [5.74, 6) is -3.86. The Labute approximate surface area is 202 Å². The van der Waals surface area contributed by atoms with E-state index in [2.05, 4.69) is 0 Å². The minimum Gasteiger partial charge on any atom is -0.335 e. The summed E-state index contributed by atoms with van der Waals surface area (Å²) in [7, 11) is 0. The van der Waals surface area contributed by atoms with Gasteiger partial charge in [-0.1, -0.05) is 54.6 Å². The fourth-order valence-electron chi connectivity index (χ4n) is 4.17. The van der Waals surface area contributed by atoms with E-state index in [1.807, 2.05) is 54.6 Å². The highest BCUT2D eigenvalue weighted by Gasteiger charge is 2.28. The van der Waals surface area contributed by atoms with Gasteiger partial charge in [-0.3, -0.25) is 9.59 Å². The highest BCUT2D eigenvalue weighted by atomic mass is 19.2. The molecule has 0 radical (unpaired) electrons. The molecule has 0 unspecified atom stereocenters. The molecule has 0 spiro atoms. The average molecular weight is 482 g/mol. The summed E-state index contributed by atoms with van der Waals surface area (Å²) in [5.41, 5.74) is 9.07. The van der Waals surface area contributed by atoms with Crippen LogP contribution >= 0.6 is 0 Å². The third-order valence-electron chi connectivity index (χ3n) is 6.11. The van der Waals surface area contributed by atoms with Crippen LogP contribution in [0.1, 0.15) is 17.5 Å². The van der Waals surface area contributed by atoms with E-state index in [0.717, 1.165) is 22.8 Å². The molecule has 1 heterocycles. The molecule has 1 aliphatic rings. The standard InChI is InChI=1S/C27H26F3N3O2/c28-23-15-25(30)24(29)13-21(23)12-22(31)14-26(34)33-11-10-32(27(35)17-33)16-18-6-8-20(9-7-18)19-4-2-1-3-5-19/h1-9,13,15,22H,10-12,14,16-17,31H2/t22-/m1/s1. The van der Waals surface area contributed by atoms with Gasteiger partial charge in [-0.15, -0.1) is 0 Å². The van der Waals surface area contributed by atoms with Crippen molar-refractivity contribution in [2.45, 2.75) is 25.4 Å². The van der Waals surface area contributed by atoms with E-state index in [0.29, 0.717) is 25.7 Å². The lowest BCUT2D eigenvalue weighted by Gasteiger charge is -2.35. The molecule has 0 aliphatic carbocycles. The second kappa shape index (κ2) is 10.7. The molecule has 0 bridgehead atoms. The number of nitrogens with two attached hydrogens (primary N) is 1. The van der Waals surface area contributed by atoms with Gasteiger partial charge in [0.25, 0.3) is 0 Å². The first kappa shape index (κ1) is 24.5. The zero-order chi connectivity index (χ0) is 24.9. The van der Waals surface area contributed by atoms with E-state index in [4.69, 9.17) is 5.73 Å². The van der Waals surface area contributed by atoms with Gasteiger partial charge in [-0.2, -0.15) is 0 Å². The van der Waals surface area contributed by atoms with Crippen molar-refractivity contribution in [3.63, 3.8) is 0 Å². The van der Waals surface area contributed by atoms with Gasteiger partial charge >= 0.3 is 0 Å². The summed E-state index contributed by atoms with van der Waals surface area (Å²) in [6.07, 6.45) is -0.256. The minimum atomic E-state index is -1.28. The van der Waals surface area contributed by atoms with Crippen molar-refractivity contribution in [3.8, 4) is 11.1 Å². The Kier molecular flexibility index (Phi) is 7.51. The number of carbonyl (C=O) groups is 2. The zero-order valence-electron chi connectivity index (χ0n) is 19.1. The number of hydrogen-bond donors (Lipinski definition) is 1. The quantitative estimate of drug-likeness (QED) is 0.521. The molecule has 2 amide bonds. The topological polar surface area (TPSA) is 66.6 Å². The van der Waals surface area contributed by atoms with E-state index in [1.54, 1.807) is 4.90 Å². The minimum absolute atomic E-state index is 0.0623. The van der Waals surface area contributed by atoms with E-state index in [-0.39, 0.29) is 36.8 Å². The molecule has 3 aromatic carbocycles. The Hall–Kier alpha value is -3.65. The van der Waals surface area contributed by atoms with Gasteiger partial charge in [0.15, 0.2) is 11.6 Å². The van der Waals surface area contributed by atoms with Crippen LogP contribution in [0.4, 0.5) is 13.2 Å². The van der Waals surface area contributed by atoms with Crippen molar-refractivity contribution < 1.29 is 22.8 Å². The van der Waals surface area contributed by atoms with Gasteiger partial charge in [-0.25, -0.2) is 13.2 Å². The molecule has 1 aliphatic heterocycles. The summed E-state index contributed by atoms with van der Waals surface area (Å²) in [6.45, 7) is 1.13. The molecular formula is C27H26F3N3O2. The number of halogens is 3. The number of hydrogen-bond acceptors (Lipinski definition) is 3. The van der Waals surface area contributed by atoms with Gasteiger partial charge in [0, 0.05) is 38.2 Å². The summed E-state index contributed by atoms with van der Waals surface area (Å²) >= 11 is 0. The van der Waals surface area contributed by atoms with Crippen molar-refractivity contribution in [1.29, 1.82) is 0 Å². The molecule has 1 atom stereocenters. The van der Waals surface area contributed by atoms with Crippen LogP contribution in [0.15, 0.2) is 66.7 Å². The van der Waals surface area contributed by atoms with Crippen LogP contribution in [0.2, 0.25) is 0 Å². The van der Waals surface area contributed by atoms with Crippen LogP contribution in [-0.4, -0.2) is 47.3 Å². The van der Waals surface area contributed by atoms with Crippen molar-refractivity contribution in [1.82, 2.24) is 9.80 Å². The molecule has 5 nitrogen and oxygen atoms in total. The molecule has 0 aromatic heterocycles. The van der Waals surface area contributed by atoms with Crippen LogP contribution in [0.3, 0.4) is 0 Å². The number of nitrogens with zero attached hydrogens (tertiary/aromatic N) is 2. The predicted molar refractivity (Wildman–Crippen MR) is 126 cm³/mol. The Bertz CT molecular complexity index is 1200. The highest BCUT2D eigenvalue weighted by Crippen LogP contribution is 2.21. The maximum atomic E-state index is 13.9. The van der Waals surface area contributed by atoms with E-state index in [1.165, 1.54) is 4.90 Å². The Balaban J connectivity index is 1.28. The van der Waals surface area contributed by atoms with E-state index in [9.17, 15) is 22.8 Å². The van der Waals surface area contributed by atoms with Crippen molar-refractivity contribution in [2.24, 2.45) is 5.73 Å². The molecule has 35 heavy (non-hydrogen) atoms. The normalized spacial score (nSPS) is 14.8. The molecule has 8 heteroatoms. The predicted octanol–water partition coefficient (Wildman–Crippen LogP) is 3.90. The zero-order valence-corrected chi connectivity index (χ0v) is 19.1. The second-order valence-corrected chi connectivity index (χ2v) is 8.72. The maximum absolute atomic E-state index is 13.9. The van der Waals surface area contributed by atoms with Gasteiger partial charge in [0.1, 0.15) is 5.82 Å². The number of piperazine rings is 1. The number of benzene rings is 3. The lowest BCUT2D eigenvalue weighted by Crippen LogP contribution is -2.52. The molecule has 2 N–H and O–H groups in total. The first-order valence-electron chi connectivity index (χ1n) is 11.4. The first-order valence-corrected chi connectivity index (χ1v) is 11.4. The third kappa shape index (κ3) is 6.08. The molecule has 4 rings (SSSR count). The van der Waals surface area contributed by atoms with Gasteiger partial charge < -0.3 is 15.5 Å². The van der Waals surface area contributed by atoms with Crippen LogP contribution in [0.25, 0.3) is 11.1 Å². The fraction of sp³-hybridized carbons (Fsp3) is 0.259. The number of carbonyl (C=O) groups excluding carboxylic acids is 2. The van der Waals surface area contributed by atoms with Gasteiger partial charge in [0.05, 0.1) is 6.54 Å². The molecule has 0 saturated carbocycles. The van der Waals surface area contributed by atoms with Crippen molar-refractivity contribution in [3.05, 3.63) is 95.3 Å². The van der Waals surface area contributed by atoms with E-state index >= 15 is 0 Å². The Morgan fingerprint density at radius 3 is 2.23 bits per heavy atom. The monoisotopic (exact) mass is 481 g/mol. The largest absolute Gasteiger partial charge is 0.335 e. The maximum Gasteiger partial charge on any atom is 0.242 e. The van der Waals surface area contributed by atoms with Crippen LogP contribution in [-0.2, 0) is 22.6 Å². The fourth-order valence-corrected chi connectivity index (χ4v) is 4.17.